The normalized spacial score (nSPS) is 18.9. The molecule has 2 aromatic carbocycles. The summed E-state index contributed by atoms with van der Waals surface area (Å²) in [6.07, 6.45) is -3.44. The lowest BCUT2D eigenvalue weighted by molar-refractivity contribution is -0.138. The Bertz CT molecular complexity index is 1050. The molecule has 0 radical (unpaired) electrons. The third-order valence-electron chi connectivity index (χ3n) is 6.40. The topological polar surface area (TPSA) is 61.9 Å². The first-order chi connectivity index (χ1) is 16.7. The standard InChI is InChI=1S/C25H27F4N3O3/c26-20-6-3-17(4-7-20)24(34)32-9-1-2-19(16-32)23(33)30-15-18-5-8-21(14-22(18)25(27,28)29)31-10-12-35-13-11-31/h3-8,14,19H,1-2,9-13,15-16H2,(H,30,33). The van der Waals surface area contributed by atoms with E-state index < -0.39 is 29.4 Å². The van der Waals surface area contributed by atoms with Gasteiger partial charge in [-0.2, -0.15) is 13.2 Å². The van der Waals surface area contributed by atoms with Crippen molar-refractivity contribution in [2.75, 3.05) is 44.3 Å². The van der Waals surface area contributed by atoms with Crippen molar-refractivity contribution in [3.8, 4) is 0 Å². The molecule has 0 saturated carbocycles. The van der Waals surface area contributed by atoms with Crippen molar-refractivity contribution < 1.29 is 31.9 Å². The summed E-state index contributed by atoms with van der Waals surface area (Å²) in [7, 11) is 0. The van der Waals surface area contributed by atoms with Gasteiger partial charge >= 0.3 is 6.18 Å². The molecule has 35 heavy (non-hydrogen) atoms. The van der Waals surface area contributed by atoms with Gasteiger partial charge in [0.1, 0.15) is 5.82 Å². The predicted molar refractivity (Wildman–Crippen MR) is 121 cm³/mol. The van der Waals surface area contributed by atoms with Gasteiger partial charge < -0.3 is 19.9 Å². The lowest BCUT2D eigenvalue weighted by Crippen LogP contribution is -2.45. The molecule has 4 rings (SSSR count). The van der Waals surface area contributed by atoms with Crippen LogP contribution in [0.3, 0.4) is 0 Å². The fraction of sp³-hybridized carbons (Fsp3) is 0.440. The lowest BCUT2D eigenvalue weighted by atomic mass is 9.96. The molecule has 0 bridgehead atoms. The number of rotatable bonds is 5. The molecule has 0 aromatic heterocycles. The number of hydrogen-bond acceptors (Lipinski definition) is 4. The van der Waals surface area contributed by atoms with Crippen molar-refractivity contribution in [3.05, 3.63) is 65.0 Å². The number of amides is 2. The van der Waals surface area contributed by atoms with Crippen molar-refractivity contribution in [3.63, 3.8) is 0 Å². The van der Waals surface area contributed by atoms with Gasteiger partial charge in [0.2, 0.25) is 5.91 Å². The number of hydrogen-bond donors (Lipinski definition) is 1. The first-order valence-corrected chi connectivity index (χ1v) is 11.6. The van der Waals surface area contributed by atoms with E-state index in [1.807, 2.05) is 4.90 Å². The largest absolute Gasteiger partial charge is 0.416 e. The predicted octanol–water partition coefficient (Wildman–Crippen LogP) is 3.85. The van der Waals surface area contributed by atoms with Gasteiger partial charge in [0, 0.05) is 44.0 Å². The first-order valence-electron chi connectivity index (χ1n) is 11.6. The second kappa shape index (κ2) is 10.6. The highest BCUT2D eigenvalue weighted by molar-refractivity contribution is 5.94. The Balaban J connectivity index is 1.40. The van der Waals surface area contributed by atoms with Crippen molar-refractivity contribution in [2.24, 2.45) is 5.92 Å². The summed E-state index contributed by atoms with van der Waals surface area (Å²) in [6, 6.07) is 9.33. The Labute approximate surface area is 200 Å². The minimum absolute atomic E-state index is 0.0158. The molecule has 2 heterocycles. The zero-order valence-electron chi connectivity index (χ0n) is 19.1. The number of benzene rings is 2. The van der Waals surface area contributed by atoms with E-state index in [1.165, 1.54) is 35.2 Å². The van der Waals surface area contributed by atoms with Crippen LogP contribution in [0.2, 0.25) is 0 Å². The van der Waals surface area contributed by atoms with Crippen molar-refractivity contribution in [1.29, 1.82) is 0 Å². The van der Waals surface area contributed by atoms with E-state index in [4.69, 9.17) is 4.74 Å². The van der Waals surface area contributed by atoms with E-state index in [0.717, 1.165) is 6.07 Å². The van der Waals surface area contributed by atoms with Gasteiger partial charge in [0.15, 0.2) is 0 Å². The molecule has 1 N–H and O–H groups in total. The van der Waals surface area contributed by atoms with Gasteiger partial charge in [-0.15, -0.1) is 0 Å². The fourth-order valence-electron chi connectivity index (χ4n) is 4.48. The van der Waals surface area contributed by atoms with E-state index >= 15 is 0 Å². The van der Waals surface area contributed by atoms with Gasteiger partial charge in [-0.1, -0.05) is 6.07 Å². The molecule has 1 unspecified atom stereocenters. The van der Waals surface area contributed by atoms with Gasteiger partial charge in [0.05, 0.1) is 24.7 Å². The van der Waals surface area contributed by atoms with E-state index in [9.17, 15) is 27.2 Å². The molecule has 2 amide bonds. The van der Waals surface area contributed by atoms with Crippen LogP contribution in [0.1, 0.15) is 34.3 Å². The average Bonchev–Trinajstić information content (AvgIpc) is 2.87. The Hall–Kier alpha value is -3.14. The van der Waals surface area contributed by atoms with Crippen LogP contribution in [0.5, 0.6) is 0 Å². The molecule has 10 heteroatoms. The second-order valence-electron chi connectivity index (χ2n) is 8.75. The van der Waals surface area contributed by atoms with Crippen molar-refractivity contribution >= 4 is 17.5 Å². The highest BCUT2D eigenvalue weighted by atomic mass is 19.4. The Morgan fingerprint density at radius 3 is 2.43 bits per heavy atom. The molecule has 1 atom stereocenters. The fourth-order valence-corrected chi connectivity index (χ4v) is 4.48. The summed E-state index contributed by atoms with van der Waals surface area (Å²) in [4.78, 5) is 28.9. The highest BCUT2D eigenvalue weighted by Gasteiger charge is 2.35. The Kier molecular flexibility index (Phi) is 7.59. The molecular formula is C25H27F4N3O3. The minimum atomic E-state index is -4.56. The smallest absolute Gasteiger partial charge is 0.378 e. The number of nitrogens with one attached hydrogen (secondary N) is 1. The summed E-state index contributed by atoms with van der Waals surface area (Å²) in [5.74, 6) is -1.68. The molecule has 2 aliphatic heterocycles. The number of likely N-dealkylation sites (tertiary alicyclic amines) is 1. The van der Waals surface area contributed by atoms with Gasteiger partial charge in [-0.3, -0.25) is 9.59 Å². The second-order valence-corrected chi connectivity index (χ2v) is 8.75. The van der Waals surface area contributed by atoms with Crippen LogP contribution in [0.4, 0.5) is 23.2 Å². The molecule has 2 saturated heterocycles. The third-order valence-corrected chi connectivity index (χ3v) is 6.40. The lowest BCUT2D eigenvalue weighted by Gasteiger charge is -2.32. The molecule has 188 valence electrons. The van der Waals surface area contributed by atoms with E-state index in [2.05, 4.69) is 5.32 Å². The number of halogens is 4. The molecule has 2 aromatic rings. The minimum Gasteiger partial charge on any atom is -0.378 e. The Morgan fingerprint density at radius 1 is 1.03 bits per heavy atom. The van der Waals surface area contributed by atoms with Crippen LogP contribution in [-0.2, 0) is 22.3 Å². The number of piperidine rings is 1. The van der Waals surface area contributed by atoms with Crippen LogP contribution >= 0.6 is 0 Å². The molecule has 0 aliphatic carbocycles. The van der Waals surface area contributed by atoms with Crippen LogP contribution in [0, 0.1) is 11.7 Å². The van der Waals surface area contributed by atoms with E-state index in [1.54, 1.807) is 6.07 Å². The summed E-state index contributed by atoms with van der Waals surface area (Å²) >= 11 is 0. The van der Waals surface area contributed by atoms with Crippen LogP contribution < -0.4 is 10.2 Å². The average molecular weight is 494 g/mol. The molecular weight excluding hydrogens is 466 g/mol. The number of ether oxygens (including phenoxy) is 1. The quantitative estimate of drug-likeness (QED) is 0.643. The summed E-state index contributed by atoms with van der Waals surface area (Å²) in [6.45, 7) is 2.30. The van der Waals surface area contributed by atoms with Gasteiger partial charge in [-0.05, 0) is 54.8 Å². The maximum atomic E-state index is 13.8. The molecule has 6 nitrogen and oxygen atoms in total. The number of morpholine rings is 1. The summed E-state index contributed by atoms with van der Waals surface area (Å²) in [5.41, 5.74) is -0.00275. The van der Waals surface area contributed by atoms with E-state index in [0.29, 0.717) is 56.9 Å². The molecule has 2 fully saturated rings. The Morgan fingerprint density at radius 2 is 1.74 bits per heavy atom. The maximum Gasteiger partial charge on any atom is 0.416 e. The zero-order chi connectivity index (χ0) is 25.0. The summed E-state index contributed by atoms with van der Waals surface area (Å²) in [5, 5.41) is 2.63. The number of nitrogens with zero attached hydrogens (tertiary/aromatic N) is 2. The number of anilines is 1. The van der Waals surface area contributed by atoms with Gasteiger partial charge in [-0.25, -0.2) is 4.39 Å². The maximum absolute atomic E-state index is 13.8. The van der Waals surface area contributed by atoms with Crippen LogP contribution in [0.15, 0.2) is 42.5 Å². The monoisotopic (exact) mass is 493 g/mol. The number of carbonyl (C=O) groups excluding carboxylic acids is 2. The first kappa shape index (κ1) is 25.0. The molecule has 0 spiro atoms. The number of alkyl halides is 3. The SMILES string of the molecule is O=C(NCc1ccc(N2CCOCC2)cc1C(F)(F)F)C1CCCN(C(=O)c2ccc(F)cc2)C1. The van der Waals surface area contributed by atoms with Crippen LogP contribution in [-0.4, -0.2) is 56.1 Å². The van der Waals surface area contributed by atoms with Crippen LogP contribution in [0.25, 0.3) is 0 Å². The van der Waals surface area contributed by atoms with Crippen molar-refractivity contribution in [2.45, 2.75) is 25.6 Å². The van der Waals surface area contributed by atoms with Gasteiger partial charge in [0.25, 0.3) is 5.91 Å². The third kappa shape index (κ3) is 6.11. The van der Waals surface area contributed by atoms with Crippen molar-refractivity contribution in [1.82, 2.24) is 10.2 Å². The number of carbonyl (C=O) groups is 2. The summed E-state index contributed by atoms with van der Waals surface area (Å²) < 4.78 is 59.7. The van der Waals surface area contributed by atoms with E-state index in [-0.39, 0.29) is 24.6 Å². The zero-order valence-corrected chi connectivity index (χ0v) is 19.1. The molecule has 2 aliphatic rings. The highest BCUT2D eigenvalue weighted by Crippen LogP contribution is 2.35.